The molecule has 0 aliphatic carbocycles. The third-order valence-electron chi connectivity index (χ3n) is 15.5. The van der Waals surface area contributed by atoms with Crippen molar-refractivity contribution in [2.24, 2.45) is 11.5 Å². The van der Waals surface area contributed by atoms with Crippen LogP contribution < -0.4 is 144 Å². The number of aldehydes is 1. The number of ether oxygens (including phenoxy) is 5. The van der Waals surface area contributed by atoms with E-state index in [1.165, 1.54) is 37.8 Å². The SMILES string of the molecule is C.C=CCBr.C=CCOc1ccc2c(c1)CN([C@@H](CCC(=O)OC(C)(C)C)C(N)=O)C2=O.C=CCOc1ccc2c(c1)CN([C@H]1CCC(=O)NC1=O)C2=O.CC(C)(C)OC(=O)CC[C@@H](C(N)=O)N1Cc2cc(O)ccc2C1=O.O=CCOc1ccc2c(c1)CN([C@H]1CCC(=O)NC1=O)C2=O.O=CO[O-].OOO.[H-].[K+].[K+]. The van der Waals surface area contributed by atoms with E-state index in [1.54, 1.807) is 108 Å². The van der Waals surface area contributed by atoms with E-state index in [-0.39, 0.29) is 218 Å². The largest absolute Gasteiger partial charge is 1.00 e. The number of alkyl halides is 1. The van der Waals surface area contributed by atoms with Crippen molar-refractivity contribution in [3.05, 3.63) is 155 Å². The summed E-state index contributed by atoms with van der Waals surface area (Å²) in [6.45, 7) is 22.7. The van der Waals surface area contributed by atoms with Gasteiger partial charge >= 0.3 is 115 Å². The molecule has 109 heavy (non-hydrogen) atoms. The molecule has 2 fully saturated rings. The van der Waals surface area contributed by atoms with Crippen LogP contribution in [-0.4, -0.2) is 180 Å². The van der Waals surface area contributed by atoms with Gasteiger partial charge < -0.3 is 71.4 Å². The van der Waals surface area contributed by atoms with Gasteiger partial charge in [-0.15, -0.1) is 6.58 Å². The number of fused-ring (bicyclic) bond motifs is 4. The second-order valence-corrected chi connectivity index (χ2v) is 26.1. The molecule has 2 saturated heterocycles. The molecule has 6 aliphatic rings. The molecule has 10 amide bonds. The smallest absolute Gasteiger partial charge is 1.00 e. The minimum atomic E-state index is -0.903. The Bertz CT molecular complexity index is 3810. The van der Waals surface area contributed by atoms with Crippen LogP contribution in [0.1, 0.15) is 165 Å². The fourth-order valence-corrected chi connectivity index (χ4v) is 11.2. The first-order valence-electron chi connectivity index (χ1n) is 32.7. The molecule has 0 unspecified atom stereocenters. The zero-order valence-electron chi connectivity index (χ0n) is 62.2. The Hall–Kier alpha value is -7.93. The van der Waals surface area contributed by atoms with E-state index in [0.717, 1.165) is 22.0 Å². The number of esters is 2. The van der Waals surface area contributed by atoms with Crippen molar-refractivity contribution in [2.45, 2.75) is 162 Å². The molecule has 0 spiro atoms. The fourth-order valence-electron chi connectivity index (χ4n) is 11.2. The molecule has 4 aromatic carbocycles. The van der Waals surface area contributed by atoms with Crippen LogP contribution in [0, 0.1) is 0 Å². The Kier molecular flexibility index (Phi) is 44.2. The van der Waals surface area contributed by atoms with Gasteiger partial charge in [-0.05, 0) is 162 Å². The van der Waals surface area contributed by atoms with E-state index < -0.39 is 70.9 Å². The number of hydrogen-bond donors (Lipinski definition) is 7. The Labute approximate surface area is 724 Å². The first-order valence-corrected chi connectivity index (χ1v) is 33.8. The number of allylic oxidation sites excluding steroid dienone is 1. The minimum absolute atomic E-state index is 0. The summed E-state index contributed by atoms with van der Waals surface area (Å²) in [5, 5.41) is 38.9. The van der Waals surface area contributed by atoms with Crippen molar-refractivity contribution in [1.29, 1.82) is 0 Å². The molecule has 6 aliphatic heterocycles. The van der Waals surface area contributed by atoms with E-state index in [4.69, 9.17) is 55.7 Å². The number of carbonyl (C=O) groups excluding carboxylic acids is 14. The van der Waals surface area contributed by atoms with Crippen LogP contribution in [-0.2, 0) is 93.5 Å². The first kappa shape index (κ1) is 99.1. The van der Waals surface area contributed by atoms with E-state index in [2.05, 4.69) is 56.2 Å². The van der Waals surface area contributed by atoms with Crippen molar-refractivity contribution < 1.29 is 226 Å². The minimum Gasteiger partial charge on any atom is -1.00 e. The van der Waals surface area contributed by atoms with E-state index in [0.29, 0.717) is 90.5 Å². The maximum absolute atomic E-state index is 12.7. The number of amides is 10. The number of benzene rings is 4. The molecule has 10 rings (SSSR count). The van der Waals surface area contributed by atoms with Gasteiger partial charge in [0.2, 0.25) is 35.4 Å². The van der Waals surface area contributed by atoms with Gasteiger partial charge in [-0.25, -0.2) is 10.5 Å². The van der Waals surface area contributed by atoms with Gasteiger partial charge in [0, 0.05) is 79.4 Å². The summed E-state index contributed by atoms with van der Waals surface area (Å²) in [5.41, 5.74) is 14.7. The second-order valence-electron chi connectivity index (χ2n) is 25.4. The molecule has 33 nitrogen and oxygen atoms in total. The second kappa shape index (κ2) is 48.7. The molecule has 0 radical (unpaired) electrons. The summed E-state index contributed by atoms with van der Waals surface area (Å²) in [7, 11) is 0. The Morgan fingerprint density at radius 1 is 0.578 bits per heavy atom. The zero-order chi connectivity index (χ0) is 79.2. The fraction of sp³-hybridized carbons (Fsp3) is 0.397. The quantitative estimate of drug-likeness (QED) is 0.00702. The van der Waals surface area contributed by atoms with Crippen LogP contribution in [0.5, 0.6) is 23.0 Å². The summed E-state index contributed by atoms with van der Waals surface area (Å²) in [5.74, 6) is -2.84. The molecule has 0 saturated carbocycles. The number of nitrogens with one attached hydrogen (secondary N) is 2. The van der Waals surface area contributed by atoms with E-state index in [1.807, 2.05) is 6.07 Å². The molecule has 0 aromatic heterocycles. The number of phenols is 1. The number of imide groups is 2. The number of carbonyl (C=O) groups is 14. The standard InChI is InChI=1S/C20H26N2O5.C17H22N2O5.C16H16N2O4.C15H14N2O5.C3H5Br.CH2O3.CH4.2K.H2O3.H/c1-5-10-26-14-6-7-15-13(11-14)12-22(19(15)25)16(18(21)24)8-9-17(23)27-20(2,3)4;1-17(2,3)24-14(21)7-6-13(15(18)22)19-9-10-8-11(20)4-5-12(10)16(19)23;1-2-7-22-11-3-4-12-10(8-11)9-18(16(12)21)13-5-6-14(19)17-15(13)20;18-5-6-22-10-1-2-11-9(7-10)8-17(15(11)21)12-3-4-13(19)16-14(12)20;1-2-3-4;2-1-4-3;;;;1-3-2;/h5-7,11,16H,1,8-10,12H2,2-4H3,(H2,21,24);4-5,8,13,20H,6-7,9H2,1-3H3,(H2,18,22);2-4,8,13H,1,5-7,9H2,(H,17,19,20);1-2,5,7,12H,3-4,6,8H2,(H,16,19,20);2H,1,3H2;1,3H;1H4;;;1-2H;/q;;;;;;;2*+1;;-1/p-1/t16-;2*13-;12-;;;;;;;/m0000......./s1. The number of nitrogens with zero attached hydrogens (tertiary/aromatic N) is 4. The van der Waals surface area contributed by atoms with Crippen LogP contribution in [0.3, 0.4) is 0 Å². The van der Waals surface area contributed by atoms with Crippen molar-refractivity contribution in [1.82, 2.24) is 30.2 Å². The molecule has 36 heteroatoms. The molecule has 9 N–H and O–H groups in total. The van der Waals surface area contributed by atoms with E-state index in [9.17, 15) is 67.4 Å². The molecular weight excluding hydrogens is 1550 g/mol. The summed E-state index contributed by atoms with van der Waals surface area (Å²) < 4.78 is 26.6. The summed E-state index contributed by atoms with van der Waals surface area (Å²) >= 11 is 3.13. The molecule has 4 aromatic rings. The Morgan fingerprint density at radius 3 is 1.20 bits per heavy atom. The molecule has 6 heterocycles. The van der Waals surface area contributed by atoms with Gasteiger partial charge in [-0.3, -0.25) is 77.8 Å². The average molecular weight is 1640 g/mol. The normalized spacial score (nSPS) is 15.8. The van der Waals surface area contributed by atoms with E-state index >= 15 is 0 Å². The first-order chi connectivity index (χ1) is 50.1. The molecular formula is C73H91BrK2N8O25. The van der Waals surface area contributed by atoms with Crippen LogP contribution in [0.25, 0.3) is 0 Å². The third-order valence-corrected chi connectivity index (χ3v) is 16.0. The topological polar surface area (TPSA) is 476 Å². The number of halogens is 1. The zero-order valence-corrected chi connectivity index (χ0v) is 69.0. The summed E-state index contributed by atoms with van der Waals surface area (Å²) in [6.07, 6.45) is 7.08. The van der Waals surface area contributed by atoms with Crippen LogP contribution in [0.4, 0.5) is 0 Å². The van der Waals surface area contributed by atoms with Crippen molar-refractivity contribution in [3.8, 4) is 23.0 Å². The maximum Gasteiger partial charge on any atom is 1.00 e. The van der Waals surface area contributed by atoms with Crippen molar-refractivity contribution in [3.63, 3.8) is 0 Å². The number of piperidine rings is 2. The number of hydrogen-bond acceptors (Lipinski definition) is 25. The van der Waals surface area contributed by atoms with Gasteiger partial charge in [0.15, 0.2) is 6.29 Å². The Balaban J connectivity index is 0.00000136. The van der Waals surface area contributed by atoms with Crippen LogP contribution in [0.15, 0.2) is 111 Å². The van der Waals surface area contributed by atoms with Gasteiger partial charge in [0.05, 0.1) is 0 Å². The number of rotatable bonds is 23. The van der Waals surface area contributed by atoms with Gasteiger partial charge in [-0.1, -0.05) is 59.8 Å². The van der Waals surface area contributed by atoms with Crippen LogP contribution >= 0.6 is 15.9 Å². The number of nitrogens with two attached hydrogens (primary N) is 2. The van der Waals surface area contributed by atoms with Crippen LogP contribution in [0.2, 0.25) is 0 Å². The predicted molar refractivity (Wildman–Crippen MR) is 384 cm³/mol. The monoisotopic (exact) mass is 1640 g/mol. The molecule has 582 valence electrons. The molecule has 0 bridgehead atoms. The number of aromatic hydroxyl groups is 1. The molecule has 4 atom stereocenters. The maximum atomic E-state index is 12.7. The average Bonchev–Trinajstić information content (AvgIpc) is 1.65. The third kappa shape index (κ3) is 31.0. The Morgan fingerprint density at radius 2 is 0.899 bits per heavy atom. The summed E-state index contributed by atoms with van der Waals surface area (Å²) in [6, 6.07) is 16.7. The predicted octanol–water partition coefficient (Wildman–Crippen LogP) is -0.748. The van der Waals surface area contributed by atoms with Gasteiger partial charge in [-0.2, -0.15) is 0 Å². The van der Waals surface area contributed by atoms with Gasteiger partial charge in [0.1, 0.15) is 78.2 Å². The van der Waals surface area contributed by atoms with Crippen molar-refractivity contribution in [2.75, 3.05) is 25.2 Å². The summed E-state index contributed by atoms with van der Waals surface area (Å²) in [4.78, 5) is 171. The van der Waals surface area contributed by atoms with Crippen molar-refractivity contribution >= 4 is 99.7 Å². The van der Waals surface area contributed by atoms with Gasteiger partial charge in [0.25, 0.3) is 30.1 Å². The number of phenolic OH excluding ortho intramolecular Hbond substituents is 1. The number of primary amides is 2.